The summed E-state index contributed by atoms with van der Waals surface area (Å²) in [6, 6.07) is 9.49. The molecule has 0 bridgehead atoms. The number of ether oxygens (including phenoxy) is 2. The number of nitriles is 1. The van der Waals surface area contributed by atoms with Gasteiger partial charge in [0.05, 0.1) is 47.6 Å². The molecule has 2 fully saturated rings. The summed E-state index contributed by atoms with van der Waals surface area (Å²) in [5, 5.41) is 20.0. The molecule has 3 N–H and O–H groups in total. The van der Waals surface area contributed by atoms with Crippen LogP contribution in [0.15, 0.2) is 54.5 Å². The molecule has 0 spiro atoms. The van der Waals surface area contributed by atoms with Gasteiger partial charge in [-0.3, -0.25) is 14.8 Å². The molecule has 2 aromatic heterocycles. The Hall–Kier alpha value is -4.00. The third-order valence-electron chi connectivity index (χ3n) is 6.04. The predicted octanol–water partition coefficient (Wildman–Crippen LogP) is 3.66. The molecule has 178 valence electrons. The molecule has 5 rings (SSSR count). The molecule has 35 heavy (non-hydrogen) atoms. The summed E-state index contributed by atoms with van der Waals surface area (Å²) in [5.74, 6) is 0.314. The van der Waals surface area contributed by atoms with E-state index in [1.165, 1.54) is 6.20 Å². The Morgan fingerprint density at radius 2 is 2.17 bits per heavy atom. The molecule has 4 heterocycles. The third kappa shape index (κ3) is 5.40. The van der Waals surface area contributed by atoms with E-state index in [4.69, 9.17) is 9.47 Å². The van der Waals surface area contributed by atoms with E-state index in [0.29, 0.717) is 46.8 Å². The molecule has 1 aromatic carbocycles. The Morgan fingerprint density at radius 3 is 2.91 bits per heavy atom. The Balaban J connectivity index is 1.55. The van der Waals surface area contributed by atoms with Gasteiger partial charge in [0.15, 0.2) is 0 Å². The van der Waals surface area contributed by atoms with E-state index in [1.54, 1.807) is 24.5 Å². The second kappa shape index (κ2) is 10.5. The van der Waals surface area contributed by atoms with Crippen LogP contribution in [0.1, 0.15) is 24.8 Å². The van der Waals surface area contributed by atoms with Crippen molar-refractivity contribution in [1.82, 2.24) is 15.3 Å². The fourth-order valence-electron chi connectivity index (χ4n) is 4.25. The molecule has 2 aliphatic heterocycles. The molecule has 0 aliphatic carbocycles. The maximum Gasteiger partial charge on any atom is 0.248 e. The number of fused-ring (bicyclic) bond motifs is 1. The lowest BCUT2D eigenvalue weighted by Crippen LogP contribution is -2.24. The smallest absolute Gasteiger partial charge is 0.248 e. The molecule has 2 saturated heterocycles. The Labute approximate surface area is 203 Å². The zero-order valence-corrected chi connectivity index (χ0v) is 19.2. The lowest BCUT2D eigenvalue weighted by molar-refractivity contribution is -0.112. The molecular formula is C26H26N6O3. The Morgan fingerprint density at radius 1 is 1.29 bits per heavy atom. The number of nitrogens with one attached hydrogen (secondary N) is 3. The topological polar surface area (TPSA) is 121 Å². The SMILES string of the molecule is N#Cc1cnc2cc(OC3CCOC3)c(NC(=O)C=C3CCNCC3)cc2c1Nc1cccnc1. The first-order chi connectivity index (χ1) is 17.2. The van der Waals surface area contributed by atoms with Crippen molar-refractivity contribution in [2.75, 3.05) is 36.9 Å². The monoisotopic (exact) mass is 470 g/mol. The van der Waals surface area contributed by atoms with E-state index in [1.807, 2.05) is 18.2 Å². The van der Waals surface area contributed by atoms with Gasteiger partial charge in [0.25, 0.3) is 0 Å². The van der Waals surface area contributed by atoms with Crippen molar-refractivity contribution in [2.24, 2.45) is 0 Å². The highest BCUT2D eigenvalue weighted by Crippen LogP contribution is 2.37. The van der Waals surface area contributed by atoms with Gasteiger partial charge in [-0.25, -0.2) is 0 Å². The van der Waals surface area contributed by atoms with Gasteiger partial charge in [0.1, 0.15) is 17.9 Å². The molecule has 1 atom stereocenters. The maximum absolute atomic E-state index is 12.9. The van der Waals surface area contributed by atoms with Crippen LogP contribution in [-0.4, -0.2) is 48.3 Å². The number of rotatable bonds is 6. The van der Waals surface area contributed by atoms with Crippen LogP contribution < -0.4 is 20.7 Å². The number of nitrogens with zero attached hydrogens (tertiary/aromatic N) is 3. The highest BCUT2D eigenvalue weighted by Gasteiger charge is 2.21. The quantitative estimate of drug-likeness (QED) is 0.467. The molecule has 0 saturated carbocycles. The molecule has 0 radical (unpaired) electrons. The number of piperidine rings is 1. The molecule has 9 nitrogen and oxygen atoms in total. The van der Waals surface area contributed by atoms with E-state index in [2.05, 4.69) is 32.0 Å². The molecule has 1 amide bonds. The van der Waals surface area contributed by atoms with Crippen molar-refractivity contribution < 1.29 is 14.3 Å². The second-order valence-electron chi connectivity index (χ2n) is 8.54. The lowest BCUT2D eigenvalue weighted by atomic mass is 10.0. The van der Waals surface area contributed by atoms with Crippen molar-refractivity contribution in [3.8, 4) is 11.8 Å². The summed E-state index contributed by atoms with van der Waals surface area (Å²) in [5.41, 5.74) is 3.98. The fourth-order valence-corrected chi connectivity index (χ4v) is 4.25. The minimum absolute atomic E-state index is 0.0998. The summed E-state index contributed by atoms with van der Waals surface area (Å²) >= 11 is 0. The van der Waals surface area contributed by atoms with Crippen LogP contribution in [0.4, 0.5) is 17.1 Å². The van der Waals surface area contributed by atoms with Crippen LogP contribution in [0.25, 0.3) is 10.9 Å². The normalized spacial score (nSPS) is 17.6. The summed E-state index contributed by atoms with van der Waals surface area (Å²) in [4.78, 5) is 21.5. The number of benzene rings is 1. The van der Waals surface area contributed by atoms with Gasteiger partial charge in [0.2, 0.25) is 5.91 Å². The highest BCUT2D eigenvalue weighted by atomic mass is 16.5. The second-order valence-corrected chi connectivity index (χ2v) is 8.54. The van der Waals surface area contributed by atoms with E-state index < -0.39 is 0 Å². The van der Waals surface area contributed by atoms with Crippen LogP contribution in [-0.2, 0) is 9.53 Å². The lowest BCUT2D eigenvalue weighted by Gasteiger charge is -2.19. The summed E-state index contributed by atoms with van der Waals surface area (Å²) in [7, 11) is 0. The van der Waals surface area contributed by atoms with Crippen molar-refractivity contribution in [3.05, 3.63) is 60.1 Å². The van der Waals surface area contributed by atoms with E-state index in [-0.39, 0.29) is 12.0 Å². The zero-order valence-electron chi connectivity index (χ0n) is 19.2. The average Bonchev–Trinajstić information content (AvgIpc) is 3.39. The summed E-state index contributed by atoms with van der Waals surface area (Å²) in [6.07, 6.45) is 8.94. The zero-order chi connectivity index (χ0) is 24.0. The van der Waals surface area contributed by atoms with Crippen molar-refractivity contribution in [3.63, 3.8) is 0 Å². The van der Waals surface area contributed by atoms with Crippen LogP contribution in [0.2, 0.25) is 0 Å². The number of hydrogen-bond acceptors (Lipinski definition) is 8. The van der Waals surface area contributed by atoms with Gasteiger partial charge in [-0.2, -0.15) is 5.26 Å². The number of aromatic nitrogens is 2. The first-order valence-electron chi connectivity index (χ1n) is 11.7. The highest BCUT2D eigenvalue weighted by molar-refractivity contribution is 6.05. The van der Waals surface area contributed by atoms with Crippen LogP contribution in [0, 0.1) is 11.3 Å². The van der Waals surface area contributed by atoms with Crippen LogP contribution in [0.5, 0.6) is 5.75 Å². The molecule has 9 heteroatoms. The predicted molar refractivity (Wildman–Crippen MR) is 133 cm³/mol. The van der Waals surface area contributed by atoms with Gasteiger partial charge >= 0.3 is 0 Å². The number of amides is 1. The van der Waals surface area contributed by atoms with E-state index in [9.17, 15) is 10.1 Å². The minimum atomic E-state index is -0.208. The number of carbonyl (C=O) groups excluding carboxylic acids is 1. The van der Waals surface area contributed by atoms with Crippen LogP contribution in [0.3, 0.4) is 0 Å². The van der Waals surface area contributed by atoms with E-state index in [0.717, 1.165) is 43.6 Å². The summed E-state index contributed by atoms with van der Waals surface area (Å²) in [6.45, 7) is 2.88. The molecular weight excluding hydrogens is 444 g/mol. The first kappa shape index (κ1) is 22.8. The van der Waals surface area contributed by atoms with Crippen LogP contribution >= 0.6 is 0 Å². The van der Waals surface area contributed by atoms with Crippen molar-refractivity contribution in [2.45, 2.75) is 25.4 Å². The number of carbonyl (C=O) groups is 1. The number of hydrogen-bond donors (Lipinski definition) is 3. The Kier molecular flexibility index (Phi) is 6.84. The molecule has 2 aliphatic rings. The number of anilines is 3. The summed E-state index contributed by atoms with van der Waals surface area (Å²) < 4.78 is 11.7. The number of pyridine rings is 2. The largest absolute Gasteiger partial charge is 0.486 e. The van der Waals surface area contributed by atoms with Gasteiger partial charge in [0, 0.05) is 36.3 Å². The maximum atomic E-state index is 12.9. The van der Waals surface area contributed by atoms with Crippen molar-refractivity contribution in [1.29, 1.82) is 5.26 Å². The van der Waals surface area contributed by atoms with E-state index >= 15 is 0 Å². The average molecular weight is 471 g/mol. The minimum Gasteiger partial charge on any atom is -0.486 e. The molecule has 1 unspecified atom stereocenters. The third-order valence-corrected chi connectivity index (χ3v) is 6.04. The Bertz CT molecular complexity index is 1290. The van der Waals surface area contributed by atoms with Crippen molar-refractivity contribution >= 4 is 33.9 Å². The van der Waals surface area contributed by atoms with Gasteiger partial charge in [-0.1, -0.05) is 5.57 Å². The van der Waals surface area contributed by atoms with Gasteiger partial charge < -0.3 is 25.4 Å². The van der Waals surface area contributed by atoms with Gasteiger partial charge in [-0.15, -0.1) is 0 Å². The van der Waals surface area contributed by atoms with Gasteiger partial charge in [-0.05, 0) is 44.1 Å². The standard InChI is InChI=1S/C26H26N6O3/c27-13-18-14-30-22-12-24(35-20-5-9-34-16-20)23(32-25(33)10-17-3-7-28-8-4-17)11-21(22)26(18)31-19-2-1-6-29-15-19/h1-2,6,10-12,14-15,20,28H,3-5,7-9,16H2,(H,30,31)(H,32,33). The fraction of sp³-hybridized carbons (Fsp3) is 0.308. The molecule has 3 aromatic rings. The first-order valence-corrected chi connectivity index (χ1v) is 11.7.